The minimum absolute atomic E-state index is 0.373. The molecule has 0 aliphatic carbocycles. The number of hydrogen-bond donors (Lipinski definition) is 1. The number of anilines is 2. The number of benzene rings is 1. The van der Waals surface area contributed by atoms with Gasteiger partial charge in [0.2, 0.25) is 0 Å². The molecule has 0 atom stereocenters. The number of nitrogens with one attached hydrogen (secondary N) is 1. The van der Waals surface area contributed by atoms with Gasteiger partial charge in [-0.25, -0.2) is 15.0 Å². The molecule has 6 nitrogen and oxygen atoms in total. The van der Waals surface area contributed by atoms with Gasteiger partial charge < -0.3 is 10.1 Å². The van der Waals surface area contributed by atoms with Gasteiger partial charge in [-0.1, -0.05) is 13.8 Å². The largest absolute Gasteiger partial charge is 0.496 e. The molecule has 0 unspecified atom stereocenters. The number of thiazole rings is 1. The Morgan fingerprint density at radius 2 is 2.07 bits per heavy atom. The zero-order chi connectivity index (χ0) is 20.4. The summed E-state index contributed by atoms with van der Waals surface area (Å²) in [4.78, 5) is 13.3. The average Bonchev–Trinajstić information content (AvgIpc) is 3.41. The van der Waals surface area contributed by atoms with Crippen LogP contribution in [-0.4, -0.2) is 26.6 Å². The van der Waals surface area contributed by atoms with Crippen molar-refractivity contribution < 1.29 is 4.74 Å². The van der Waals surface area contributed by atoms with Crippen LogP contribution in [0.15, 0.2) is 54.6 Å². The predicted molar refractivity (Wildman–Crippen MR) is 118 cm³/mol. The van der Waals surface area contributed by atoms with Crippen LogP contribution in [0, 0.1) is 6.92 Å². The monoisotopic (exact) mass is 405 g/mol. The Hall–Kier alpha value is -3.19. The van der Waals surface area contributed by atoms with E-state index in [1.807, 2.05) is 34.5 Å². The normalized spacial score (nSPS) is 11.1. The van der Waals surface area contributed by atoms with Crippen molar-refractivity contribution in [1.82, 2.24) is 19.5 Å². The molecule has 0 saturated heterocycles. The Labute approximate surface area is 174 Å². The topological polar surface area (TPSA) is 64.9 Å². The Kier molecular flexibility index (Phi) is 5.31. The number of pyridine rings is 1. The quantitative estimate of drug-likeness (QED) is 0.454. The van der Waals surface area contributed by atoms with Crippen LogP contribution in [-0.2, 0) is 0 Å². The van der Waals surface area contributed by atoms with E-state index in [0.29, 0.717) is 5.92 Å². The zero-order valence-electron chi connectivity index (χ0n) is 16.9. The molecular weight excluding hydrogens is 382 g/mol. The summed E-state index contributed by atoms with van der Waals surface area (Å²) in [6.07, 6.45) is 7.18. The lowest BCUT2D eigenvalue weighted by atomic mass is 9.99. The van der Waals surface area contributed by atoms with Crippen molar-refractivity contribution in [3.05, 3.63) is 65.7 Å². The minimum Gasteiger partial charge on any atom is -0.496 e. The van der Waals surface area contributed by atoms with Gasteiger partial charge in [-0.3, -0.25) is 4.57 Å². The number of aryl methyl sites for hydroxylation is 1. The molecule has 1 N–H and O–H groups in total. The Balaban J connectivity index is 1.56. The van der Waals surface area contributed by atoms with E-state index < -0.39 is 0 Å². The first kappa shape index (κ1) is 19.1. The smallest absolute Gasteiger partial charge is 0.187 e. The van der Waals surface area contributed by atoms with Gasteiger partial charge in [-0.15, -0.1) is 11.3 Å². The van der Waals surface area contributed by atoms with Crippen molar-refractivity contribution >= 4 is 22.2 Å². The van der Waals surface area contributed by atoms with E-state index in [-0.39, 0.29) is 0 Å². The van der Waals surface area contributed by atoms with Gasteiger partial charge in [0.25, 0.3) is 0 Å². The highest BCUT2D eigenvalue weighted by Gasteiger charge is 2.13. The predicted octanol–water partition coefficient (Wildman–Crippen LogP) is 5.57. The van der Waals surface area contributed by atoms with Crippen LogP contribution < -0.4 is 10.1 Å². The van der Waals surface area contributed by atoms with Gasteiger partial charge in [0.05, 0.1) is 12.8 Å². The summed E-state index contributed by atoms with van der Waals surface area (Å²) in [6.45, 7) is 6.40. The fourth-order valence-corrected chi connectivity index (χ4v) is 3.86. The van der Waals surface area contributed by atoms with Crippen LogP contribution >= 0.6 is 11.3 Å². The second-order valence-corrected chi connectivity index (χ2v) is 7.96. The lowest BCUT2D eigenvalue weighted by Gasteiger charge is -2.16. The molecule has 0 bridgehead atoms. The lowest BCUT2D eigenvalue weighted by molar-refractivity contribution is 0.407. The summed E-state index contributed by atoms with van der Waals surface area (Å²) < 4.78 is 7.41. The third kappa shape index (κ3) is 4.00. The van der Waals surface area contributed by atoms with E-state index in [1.54, 1.807) is 31.0 Å². The van der Waals surface area contributed by atoms with Crippen molar-refractivity contribution in [3.8, 4) is 22.8 Å². The third-order valence-electron chi connectivity index (χ3n) is 4.76. The standard InChI is InChI=1S/C22H23N5OS/c1-14(2)17-10-18(15(3)9-20(17)28-4)25-22-26-19(12-29-22)16-5-6-21(24-11-16)27-8-7-23-13-27/h5-14H,1-4H3,(H,25,26). The van der Waals surface area contributed by atoms with Crippen LogP contribution in [0.1, 0.15) is 30.9 Å². The molecule has 7 heteroatoms. The van der Waals surface area contributed by atoms with Gasteiger partial charge >= 0.3 is 0 Å². The summed E-state index contributed by atoms with van der Waals surface area (Å²) >= 11 is 1.58. The third-order valence-corrected chi connectivity index (χ3v) is 5.51. The molecule has 0 aliphatic rings. The van der Waals surface area contributed by atoms with Gasteiger partial charge in [0.15, 0.2) is 5.13 Å². The van der Waals surface area contributed by atoms with E-state index >= 15 is 0 Å². The summed E-state index contributed by atoms with van der Waals surface area (Å²) in [5.41, 5.74) is 5.22. The molecule has 4 rings (SSSR count). The van der Waals surface area contributed by atoms with Crippen molar-refractivity contribution in [3.63, 3.8) is 0 Å². The number of ether oxygens (including phenoxy) is 1. The van der Waals surface area contributed by atoms with E-state index in [4.69, 9.17) is 9.72 Å². The molecule has 3 aromatic heterocycles. The maximum Gasteiger partial charge on any atom is 0.187 e. The first-order valence-electron chi connectivity index (χ1n) is 9.41. The Morgan fingerprint density at radius 3 is 2.72 bits per heavy atom. The van der Waals surface area contributed by atoms with E-state index in [1.165, 1.54) is 5.56 Å². The van der Waals surface area contributed by atoms with Gasteiger partial charge in [0.1, 0.15) is 17.9 Å². The highest BCUT2D eigenvalue weighted by atomic mass is 32.1. The van der Waals surface area contributed by atoms with Crippen LogP contribution in [0.4, 0.5) is 10.8 Å². The molecule has 1 aromatic carbocycles. The number of nitrogens with zero attached hydrogens (tertiary/aromatic N) is 4. The van der Waals surface area contributed by atoms with E-state index in [2.05, 4.69) is 48.2 Å². The number of rotatable bonds is 6. The Bertz CT molecular complexity index is 1100. The van der Waals surface area contributed by atoms with Crippen molar-refractivity contribution in [2.45, 2.75) is 26.7 Å². The first-order valence-corrected chi connectivity index (χ1v) is 10.3. The lowest BCUT2D eigenvalue weighted by Crippen LogP contribution is -1.99. The molecule has 0 saturated carbocycles. The zero-order valence-corrected chi connectivity index (χ0v) is 17.7. The molecule has 3 heterocycles. The minimum atomic E-state index is 0.373. The maximum atomic E-state index is 5.54. The second-order valence-electron chi connectivity index (χ2n) is 7.10. The van der Waals surface area contributed by atoms with Gasteiger partial charge in [-0.05, 0) is 48.2 Å². The first-order chi connectivity index (χ1) is 14.0. The summed E-state index contributed by atoms with van der Waals surface area (Å²) in [5, 5.41) is 6.35. The molecular formula is C22H23N5OS. The van der Waals surface area contributed by atoms with Crippen molar-refractivity contribution in [2.75, 3.05) is 12.4 Å². The van der Waals surface area contributed by atoms with Gasteiger partial charge in [-0.2, -0.15) is 0 Å². The highest BCUT2D eigenvalue weighted by Crippen LogP contribution is 2.34. The van der Waals surface area contributed by atoms with Crippen molar-refractivity contribution in [2.24, 2.45) is 0 Å². The number of aromatic nitrogens is 4. The molecule has 0 radical (unpaired) electrons. The van der Waals surface area contributed by atoms with Crippen LogP contribution in [0.3, 0.4) is 0 Å². The summed E-state index contributed by atoms with van der Waals surface area (Å²) in [5.74, 6) is 2.12. The van der Waals surface area contributed by atoms with Crippen LogP contribution in [0.25, 0.3) is 17.1 Å². The fourth-order valence-electron chi connectivity index (χ4n) is 3.12. The maximum absolute atomic E-state index is 5.54. The number of methoxy groups -OCH3 is 1. The number of hydrogen-bond acceptors (Lipinski definition) is 6. The summed E-state index contributed by atoms with van der Waals surface area (Å²) in [6, 6.07) is 8.22. The van der Waals surface area contributed by atoms with Crippen LogP contribution in [0.2, 0.25) is 0 Å². The van der Waals surface area contributed by atoms with E-state index in [0.717, 1.165) is 39.2 Å². The highest BCUT2D eigenvalue weighted by molar-refractivity contribution is 7.14. The molecule has 148 valence electrons. The molecule has 29 heavy (non-hydrogen) atoms. The molecule has 0 spiro atoms. The van der Waals surface area contributed by atoms with Crippen LogP contribution in [0.5, 0.6) is 5.75 Å². The average molecular weight is 406 g/mol. The van der Waals surface area contributed by atoms with E-state index in [9.17, 15) is 0 Å². The molecule has 0 amide bonds. The summed E-state index contributed by atoms with van der Waals surface area (Å²) in [7, 11) is 1.72. The fraction of sp³-hybridized carbons (Fsp3) is 0.227. The molecule has 0 fully saturated rings. The van der Waals surface area contributed by atoms with Crippen molar-refractivity contribution in [1.29, 1.82) is 0 Å². The number of imidazole rings is 1. The SMILES string of the molecule is COc1cc(C)c(Nc2nc(-c3ccc(-n4ccnc4)nc3)cs2)cc1C(C)C. The van der Waals surface area contributed by atoms with Gasteiger partial charge in [0, 0.05) is 35.2 Å². The second kappa shape index (κ2) is 8.05. The molecule has 0 aliphatic heterocycles. The molecule has 4 aromatic rings. The Morgan fingerprint density at radius 1 is 1.21 bits per heavy atom.